The Balaban J connectivity index is 1.49. The van der Waals surface area contributed by atoms with Crippen molar-refractivity contribution in [2.24, 2.45) is 0 Å². The summed E-state index contributed by atoms with van der Waals surface area (Å²) in [5.74, 6) is -0.103. The summed E-state index contributed by atoms with van der Waals surface area (Å²) >= 11 is 0. The number of amides is 1. The molecular formula is C18H21N3O3. The summed E-state index contributed by atoms with van der Waals surface area (Å²) in [5.41, 5.74) is 1.41. The molecule has 4 rings (SSSR count). The van der Waals surface area contributed by atoms with Crippen molar-refractivity contribution in [1.29, 1.82) is 0 Å². The maximum absolute atomic E-state index is 12.7. The molecule has 0 radical (unpaired) electrons. The molecule has 6 nitrogen and oxygen atoms in total. The van der Waals surface area contributed by atoms with E-state index in [2.05, 4.69) is 9.97 Å². The highest BCUT2D eigenvalue weighted by molar-refractivity contribution is 5.93. The van der Waals surface area contributed by atoms with Crippen LogP contribution in [0.1, 0.15) is 36.2 Å². The lowest BCUT2D eigenvalue weighted by Gasteiger charge is -2.46. The van der Waals surface area contributed by atoms with Crippen LogP contribution in [-0.4, -0.2) is 57.3 Å². The van der Waals surface area contributed by atoms with Gasteiger partial charge in [0.1, 0.15) is 5.69 Å². The number of carbonyl (C=O) groups excluding carboxylic acids is 1. The molecule has 2 aliphatic heterocycles. The van der Waals surface area contributed by atoms with Crippen molar-refractivity contribution in [1.82, 2.24) is 14.9 Å². The van der Waals surface area contributed by atoms with Crippen LogP contribution in [0.25, 0.3) is 11.0 Å². The van der Waals surface area contributed by atoms with Gasteiger partial charge < -0.3 is 14.7 Å². The highest BCUT2D eigenvalue weighted by atomic mass is 16.5. The minimum absolute atomic E-state index is 0.103. The third-order valence-corrected chi connectivity index (χ3v) is 5.18. The molecule has 2 aliphatic rings. The number of carbonyl (C=O) groups is 1. The molecule has 1 amide bonds. The van der Waals surface area contributed by atoms with E-state index < -0.39 is 11.7 Å². The van der Waals surface area contributed by atoms with E-state index in [0.29, 0.717) is 38.2 Å². The molecule has 2 saturated heterocycles. The van der Waals surface area contributed by atoms with Crippen molar-refractivity contribution in [3.63, 3.8) is 0 Å². The minimum atomic E-state index is -0.468. The van der Waals surface area contributed by atoms with Gasteiger partial charge in [-0.2, -0.15) is 0 Å². The molecule has 0 saturated carbocycles. The first-order chi connectivity index (χ1) is 11.7. The van der Waals surface area contributed by atoms with Gasteiger partial charge in [0, 0.05) is 19.7 Å². The maximum Gasteiger partial charge on any atom is 0.274 e. The molecule has 1 aromatic carbocycles. The van der Waals surface area contributed by atoms with E-state index in [4.69, 9.17) is 4.74 Å². The van der Waals surface area contributed by atoms with Gasteiger partial charge in [0.15, 0.2) is 0 Å². The number of nitrogens with zero attached hydrogens (tertiary/aromatic N) is 3. The zero-order valence-corrected chi connectivity index (χ0v) is 13.5. The molecule has 0 unspecified atom stereocenters. The Kier molecular flexibility index (Phi) is 3.94. The van der Waals surface area contributed by atoms with Crippen LogP contribution in [0.5, 0.6) is 0 Å². The van der Waals surface area contributed by atoms with Crippen molar-refractivity contribution >= 4 is 16.9 Å². The van der Waals surface area contributed by atoms with Crippen LogP contribution in [0, 0.1) is 0 Å². The van der Waals surface area contributed by atoms with Crippen molar-refractivity contribution < 1.29 is 14.6 Å². The SMILES string of the molecule is O=C(c1cnc2ccccc2n1)N1CCC2(CC1)OCCC[C@@H]2O. The Bertz CT molecular complexity index is 756. The summed E-state index contributed by atoms with van der Waals surface area (Å²) in [6.45, 7) is 1.84. The van der Waals surface area contributed by atoms with Crippen LogP contribution in [0.2, 0.25) is 0 Å². The number of rotatable bonds is 1. The second kappa shape index (κ2) is 6.11. The molecule has 1 N–H and O–H groups in total. The second-order valence-electron chi connectivity index (χ2n) is 6.61. The summed E-state index contributed by atoms with van der Waals surface area (Å²) < 4.78 is 5.89. The number of benzene rings is 1. The molecule has 24 heavy (non-hydrogen) atoms. The van der Waals surface area contributed by atoms with Gasteiger partial charge in [-0.25, -0.2) is 4.98 Å². The van der Waals surface area contributed by atoms with Crippen molar-refractivity contribution in [2.75, 3.05) is 19.7 Å². The smallest absolute Gasteiger partial charge is 0.274 e. The van der Waals surface area contributed by atoms with Crippen LogP contribution < -0.4 is 0 Å². The fraction of sp³-hybridized carbons (Fsp3) is 0.500. The zero-order valence-electron chi connectivity index (χ0n) is 13.5. The van der Waals surface area contributed by atoms with Crippen LogP contribution >= 0.6 is 0 Å². The average Bonchev–Trinajstić information content (AvgIpc) is 2.64. The molecule has 1 atom stereocenters. The highest BCUT2D eigenvalue weighted by Gasteiger charge is 2.44. The monoisotopic (exact) mass is 327 g/mol. The number of ether oxygens (including phenoxy) is 1. The molecule has 0 aliphatic carbocycles. The first kappa shape index (κ1) is 15.5. The van der Waals surface area contributed by atoms with Gasteiger partial charge in [-0.3, -0.25) is 9.78 Å². The van der Waals surface area contributed by atoms with E-state index in [-0.39, 0.29) is 5.91 Å². The topological polar surface area (TPSA) is 75.6 Å². The summed E-state index contributed by atoms with van der Waals surface area (Å²) in [5, 5.41) is 10.3. The van der Waals surface area contributed by atoms with E-state index >= 15 is 0 Å². The average molecular weight is 327 g/mol. The Labute approximate surface area is 140 Å². The highest BCUT2D eigenvalue weighted by Crippen LogP contribution is 2.35. The number of piperidine rings is 1. The van der Waals surface area contributed by atoms with Crippen molar-refractivity contribution in [2.45, 2.75) is 37.4 Å². The summed E-state index contributed by atoms with van der Waals surface area (Å²) in [4.78, 5) is 23.3. The first-order valence-corrected chi connectivity index (χ1v) is 8.51. The second-order valence-corrected chi connectivity index (χ2v) is 6.61. The molecule has 1 aromatic heterocycles. The normalized spacial score (nSPS) is 23.5. The fourth-order valence-corrected chi connectivity index (χ4v) is 3.70. The third kappa shape index (κ3) is 2.65. The zero-order chi connectivity index (χ0) is 16.6. The molecule has 0 bridgehead atoms. The number of fused-ring (bicyclic) bond motifs is 1. The predicted octanol–water partition coefficient (Wildman–Crippen LogP) is 1.78. The maximum atomic E-state index is 12.7. The molecule has 1 spiro atoms. The summed E-state index contributed by atoms with van der Waals surface area (Å²) in [6.07, 6.45) is 4.13. The van der Waals surface area contributed by atoms with E-state index in [1.54, 1.807) is 11.1 Å². The molecule has 6 heteroatoms. The number of para-hydroxylation sites is 2. The van der Waals surface area contributed by atoms with Crippen LogP contribution in [-0.2, 0) is 4.74 Å². The summed E-state index contributed by atoms with van der Waals surface area (Å²) in [6, 6.07) is 7.52. The first-order valence-electron chi connectivity index (χ1n) is 8.51. The Hall–Kier alpha value is -2.05. The van der Waals surface area contributed by atoms with Crippen LogP contribution in [0.4, 0.5) is 0 Å². The summed E-state index contributed by atoms with van der Waals surface area (Å²) in [7, 11) is 0. The van der Waals surface area contributed by atoms with Crippen molar-refractivity contribution in [3.05, 3.63) is 36.2 Å². The van der Waals surface area contributed by atoms with E-state index in [1.807, 2.05) is 24.3 Å². The van der Waals surface area contributed by atoms with Crippen LogP contribution in [0.15, 0.2) is 30.5 Å². The number of hydrogen-bond acceptors (Lipinski definition) is 5. The molecule has 2 fully saturated rings. The lowest BCUT2D eigenvalue weighted by molar-refractivity contribution is -0.174. The van der Waals surface area contributed by atoms with Gasteiger partial charge in [-0.15, -0.1) is 0 Å². The Morgan fingerprint density at radius 3 is 2.75 bits per heavy atom. The van der Waals surface area contributed by atoms with Gasteiger partial charge >= 0.3 is 0 Å². The lowest BCUT2D eigenvalue weighted by atomic mass is 9.82. The third-order valence-electron chi connectivity index (χ3n) is 5.18. The van der Waals surface area contributed by atoms with E-state index in [1.165, 1.54) is 0 Å². The standard InChI is InChI=1S/C18H21N3O3/c22-16-6-3-11-24-18(16)7-9-21(10-8-18)17(23)15-12-19-13-4-1-2-5-14(13)20-15/h1-2,4-5,12,16,22H,3,6-11H2/t16-/m0/s1. The number of aliphatic hydroxyl groups is 1. The molecular weight excluding hydrogens is 306 g/mol. The Morgan fingerprint density at radius 1 is 1.25 bits per heavy atom. The molecule has 126 valence electrons. The Morgan fingerprint density at radius 2 is 2.00 bits per heavy atom. The minimum Gasteiger partial charge on any atom is -0.390 e. The van der Waals surface area contributed by atoms with Gasteiger partial charge in [0.05, 0.1) is 28.9 Å². The van der Waals surface area contributed by atoms with Crippen molar-refractivity contribution in [3.8, 4) is 0 Å². The lowest BCUT2D eigenvalue weighted by Crippen LogP contribution is -2.56. The largest absolute Gasteiger partial charge is 0.390 e. The molecule has 2 aromatic rings. The van der Waals surface area contributed by atoms with Gasteiger partial charge in [-0.1, -0.05) is 12.1 Å². The number of aromatic nitrogens is 2. The van der Waals surface area contributed by atoms with E-state index in [9.17, 15) is 9.90 Å². The van der Waals surface area contributed by atoms with Gasteiger partial charge in [0.25, 0.3) is 5.91 Å². The van der Waals surface area contributed by atoms with Crippen LogP contribution in [0.3, 0.4) is 0 Å². The number of hydrogen-bond donors (Lipinski definition) is 1. The van der Waals surface area contributed by atoms with Gasteiger partial charge in [-0.05, 0) is 37.8 Å². The van der Waals surface area contributed by atoms with Gasteiger partial charge in [0.2, 0.25) is 0 Å². The predicted molar refractivity (Wildman–Crippen MR) is 88.6 cm³/mol. The number of aliphatic hydroxyl groups excluding tert-OH is 1. The van der Waals surface area contributed by atoms with E-state index in [0.717, 1.165) is 23.9 Å². The molecule has 3 heterocycles. The number of likely N-dealkylation sites (tertiary alicyclic amines) is 1. The quantitative estimate of drug-likeness (QED) is 0.864. The fourth-order valence-electron chi connectivity index (χ4n) is 3.70.